The van der Waals surface area contributed by atoms with E-state index < -0.39 is 0 Å². The molecule has 0 aliphatic rings. The molecule has 4 heteroatoms. The quantitative estimate of drug-likeness (QED) is 0.816. The van der Waals surface area contributed by atoms with Crippen LogP contribution in [0.5, 0.6) is 0 Å². The molecule has 1 aromatic heterocycles. The predicted molar refractivity (Wildman–Crippen MR) is 51.7 cm³/mol. The summed E-state index contributed by atoms with van der Waals surface area (Å²) in [5.74, 6) is 0.245. The van der Waals surface area contributed by atoms with E-state index in [1.807, 2.05) is 0 Å². The molecular weight excluding hydrogens is 235 g/mol. The van der Waals surface area contributed by atoms with Crippen LogP contribution < -0.4 is 0 Å². The van der Waals surface area contributed by atoms with Crippen molar-refractivity contribution in [1.29, 1.82) is 0 Å². The Morgan fingerprint density at radius 3 is 2.85 bits per heavy atom. The number of halogens is 2. The highest BCUT2D eigenvalue weighted by molar-refractivity contribution is 9.10. The third-order valence-electron chi connectivity index (χ3n) is 1.70. The molecular formula is C9H6BrFN2. The zero-order chi connectivity index (χ0) is 9.26. The lowest BCUT2D eigenvalue weighted by molar-refractivity contribution is 0.629. The van der Waals surface area contributed by atoms with Gasteiger partial charge in [0.15, 0.2) is 0 Å². The van der Waals surface area contributed by atoms with E-state index in [4.69, 9.17) is 0 Å². The maximum absolute atomic E-state index is 13.3. The van der Waals surface area contributed by atoms with Crippen molar-refractivity contribution in [3.63, 3.8) is 0 Å². The molecule has 2 nitrogen and oxygen atoms in total. The van der Waals surface area contributed by atoms with Crippen molar-refractivity contribution in [2.75, 3.05) is 0 Å². The minimum Gasteiger partial charge on any atom is -0.345 e. The van der Waals surface area contributed by atoms with Crippen molar-refractivity contribution in [3.8, 4) is 11.4 Å². The van der Waals surface area contributed by atoms with Crippen LogP contribution in [0.1, 0.15) is 0 Å². The summed E-state index contributed by atoms with van der Waals surface area (Å²) in [6.07, 6.45) is 3.25. The van der Waals surface area contributed by atoms with Crippen LogP contribution in [0, 0.1) is 5.82 Å². The number of benzene rings is 1. The van der Waals surface area contributed by atoms with Crippen LogP contribution in [0.4, 0.5) is 4.39 Å². The average Bonchev–Trinajstić information content (AvgIpc) is 2.57. The Morgan fingerprint density at radius 2 is 2.23 bits per heavy atom. The second-order valence-corrected chi connectivity index (χ2v) is 3.39. The van der Waals surface area contributed by atoms with Gasteiger partial charge in [-0.15, -0.1) is 0 Å². The molecule has 0 aliphatic heterocycles. The summed E-state index contributed by atoms with van der Waals surface area (Å²) in [5.41, 5.74) is 0.465. The fourth-order valence-electron chi connectivity index (χ4n) is 1.13. The fourth-order valence-corrected chi connectivity index (χ4v) is 1.66. The normalized spacial score (nSPS) is 10.3. The minimum atomic E-state index is -0.288. The highest BCUT2D eigenvalue weighted by Crippen LogP contribution is 2.27. The van der Waals surface area contributed by atoms with Crippen molar-refractivity contribution in [2.45, 2.75) is 0 Å². The van der Waals surface area contributed by atoms with Crippen LogP contribution in [0.2, 0.25) is 0 Å². The Bertz CT molecular complexity index is 391. The smallest absolute Gasteiger partial charge is 0.141 e. The van der Waals surface area contributed by atoms with E-state index in [0.717, 1.165) is 0 Å². The molecule has 0 spiro atoms. The first-order chi connectivity index (χ1) is 6.29. The first-order valence-corrected chi connectivity index (χ1v) is 4.52. The zero-order valence-corrected chi connectivity index (χ0v) is 8.18. The van der Waals surface area contributed by atoms with Crippen LogP contribution in [0.15, 0.2) is 35.1 Å². The standard InChI is InChI=1S/C9H6BrFN2/c10-6-2-1-3-7(11)8(6)9-12-4-5-13-9/h1-5H,(H,12,13). The van der Waals surface area contributed by atoms with E-state index in [1.54, 1.807) is 24.5 Å². The Balaban J connectivity index is 2.64. The van der Waals surface area contributed by atoms with Crippen LogP contribution in [-0.4, -0.2) is 9.97 Å². The van der Waals surface area contributed by atoms with Gasteiger partial charge in [-0.05, 0) is 28.1 Å². The highest BCUT2D eigenvalue weighted by atomic mass is 79.9. The van der Waals surface area contributed by atoms with Crippen LogP contribution in [0.3, 0.4) is 0 Å². The number of nitrogens with one attached hydrogen (secondary N) is 1. The van der Waals surface area contributed by atoms with Crippen molar-refractivity contribution < 1.29 is 4.39 Å². The van der Waals surface area contributed by atoms with Gasteiger partial charge in [0, 0.05) is 16.9 Å². The molecule has 0 fully saturated rings. The lowest BCUT2D eigenvalue weighted by Gasteiger charge is -2.01. The predicted octanol–water partition coefficient (Wildman–Crippen LogP) is 2.98. The molecule has 0 atom stereocenters. The number of H-pyrrole nitrogens is 1. The number of hydrogen-bond acceptors (Lipinski definition) is 1. The molecule has 0 aliphatic carbocycles. The third kappa shape index (κ3) is 1.49. The Kier molecular flexibility index (Phi) is 2.14. The van der Waals surface area contributed by atoms with E-state index >= 15 is 0 Å². The van der Waals surface area contributed by atoms with E-state index in [2.05, 4.69) is 25.9 Å². The monoisotopic (exact) mass is 240 g/mol. The van der Waals surface area contributed by atoms with E-state index in [1.165, 1.54) is 6.07 Å². The van der Waals surface area contributed by atoms with Gasteiger partial charge in [-0.1, -0.05) is 6.07 Å². The summed E-state index contributed by atoms with van der Waals surface area (Å²) in [6.45, 7) is 0. The molecule has 66 valence electrons. The van der Waals surface area contributed by atoms with E-state index in [0.29, 0.717) is 15.9 Å². The minimum absolute atomic E-state index is 0.288. The van der Waals surface area contributed by atoms with E-state index in [9.17, 15) is 4.39 Å². The van der Waals surface area contributed by atoms with Gasteiger partial charge in [0.05, 0.1) is 5.56 Å². The third-order valence-corrected chi connectivity index (χ3v) is 2.36. The van der Waals surface area contributed by atoms with Gasteiger partial charge < -0.3 is 4.98 Å². The largest absolute Gasteiger partial charge is 0.345 e. The molecule has 0 amide bonds. The summed E-state index contributed by atoms with van der Waals surface area (Å²) in [7, 11) is 0. The summed E-state index contributed by atoms with van der Waals surface area (Å²) in [6, 6.07) is 4.83. The maximum atomic E-state index is 13.3. The van der Waals surface area contributed by atoms with Crippen LogP contribution >= 0.6 is 15.9 Å². The topological polar surface area (TPSA) is 28.7 Å². The van der Waals surface area contributed by atoms with Gasteiger partial charge >= 0.3 is 0 Å². The zero-order valence-electron chi connectivity index (χ0n) is 6.59. The van der Waals surface area contributed by atoms with Gasteiger partial charge in [-0.3, -0.25) is 0 Å². The van der Waals surface area contributed by atoms with Gasteiger partial charge in [0.25, 0.3) is 0 Å². The molecule has 13 heavy (non-hydrogen) atoms. The summed E-state index contributed by atoms with van der Waals surface area (Å²) >= 11 is 3.27. The van der Waals surface area contributed by atoms with Gasteiger partial charge in [0.1, 0.15) is 11.6 Å². The number of aromatic nitrogens is 2. The molecule has 1 aromatic carbocycles. The highest BCUT2D eigenvalue weighted by Gasteiger charge is 2.10. The number of hydrogen-bond donors (Lipinski definition) is 1. The molecule has 0 unspecified atom stereocenters. The van der Waals surface area contributed by atoms with Crippen molar-refractivity contribution >= 4 is 15.9 Å². The maximum Gasteiger partial charge on any atom is 0.141 e. The molecule has 0 radical (unpaired) electrons. The fraction of sp³-hybridized carbons (Fsp3) is 0. The number of nitrogens with zero attached hydrogens (tertiary/aromatic N) is 1. The van der Waals surface area contributed by atoms with Crippen molar-refractivity contribution in [1.82, 2.24) is 9.97 Å². The Morgan fingerprint density at radius 1 is 1.38 bits per heavy atom. The summed E-state index contributed by atoms with van der Waals surface area (Å²) in [4.78, 5) is 6.84. The molecule has 2 rings (SSSR count). The Labute approximate surface area is 83.0 Å². The molecule has 0 saturated carbocycles. The lowest BCUT2D eigenvalue weighted by Crippen LogP contribution is -1.87. The van der Waals surface area contributed by atoms with Gasteiger partial charge in [-0.25, -0.2) is 9.37 Å². The van der Waals surface area contributed by atoms with Gasteiger partial charge in [0.2, 0.25) is 0 Å². The summed E-state index contributed by atoms with van der Waals surface area (Å²) < 4.78 is 14.0. The molecule has 1 heterocycles. The molecule has 1 N–H and O–H groups in total. The van der Waals surface area contributed by atoms with Gasteiger partial charge in [-0.2, -0.15) is 0 Å². The van der Waals surface area contributed by atoms with Crippen LogP contribution in [-0.2, 0) is 0 Å². The number of rotatable bonds is 1. The molecule has 2 aromatic rings. The summed E-state index contributed by atoms with van der Waals surface area (Å²) in [5, 5.41) is 0. The first kappa shape index (κ1) is 8.44. The average molecular weight is 241 g/mol. The van der Waals surface area contributed by atoms with Crippen LogP contribution in [0.25, 0.3) is 11.4 Å². The second kappa shape index (κ2) is 3.30. The van der Waals surface area contributed by atoms with Crippen molar-refractivity contribution in [2.24, 2.45) is 0 Å². The second-order valence-electron chi connectivity index (χ2n) is 2.53. The lowest BCUT2D eigenvalue weighted by atomic mass is 10.2. The van der Waals surface area contributed by atoms with Crippen molar-refractivity contribution in [3.05, 3.63) is 40.9 Å². The SMILES string of the molecule is Fc1cccc(Br)c1-c1ncc[nH]1. The first-order valence-electron chi connectivity index (χ1n) is 3.73. The Hall–Kier alpha value is -1.16. The molecule has 0 saturated heterocycles. The van der Waals surface area contributed by atoms with E-state index in [-0.39, 0.29) is 5.82 Å². The number of imidazole rings is 1. The molecule has 0 bridgehead atoms. The number of aromatic amines is 1.